The Morgan fingerprint density at radius 2 is 1.96 bits per heavy atom. The second-order valence-electron chi connectivity index (χ2n) is 5.24. The van der Waals surface area contributed by atoms with E-state index in [1.807, 2.05) is 17.7 Å². The van der Waals surface area contributed by atoms with E-state index in [0.29, 0.717) is 30.9 Å². The third-order valence-electron chi connectivity index (χ3n) is 3.42. The minimum Gasteiger partial charge on any atom is -0.354 e. The highest BCUT2D eigenvalue weighted by Crippen LogP contribution is 2.14. The van der Waals surface area contributed by atoms with Crippen LogP contribution in [0, 0.1) is 5.82 Å². The molecule has 0 saturated heterocycles. The number of halogens is 2. The molecule has 0 radical (unpaired) electrons. The molecule has 0 aliphatic carbocycles. The normalized spacial score (nSPS) is 10.5. The quantitative estimate of drug-likeness (QED) is 0.707. The maximum absolute atomic E-state index is 13.1. The molecule has 0 bridgehead atoms. The number of rotatable bonds is 7. The number of aryl methyl sites for hydroxylation is 1. The minimum atomic E-state index is -0.363. The fraction of sp³-hybridized carbons (Fsp3) is 0.294. The molecule has 2 rings (SSSR count). The van der Waals surface area contributed by atoms with Gasteiger partial charge in [0.1, 0.15) is 11.5 Å². The van der Waals surface area contributed by atoms with Crippen molar-refractivity contribution in [3.8, 4) is 0 Å². The largest absolute Gasteiger partial charge is 0.354 e. The van der Waals surface area contributed by atoms with Gasteiger partial charge in [-0.15, -0.1) is 0 Å². The Bertz CT molecular complexity index is 730. The number of benzene rings is 1. The highest BCUT2D eigenvalue weighted by Gasteiger charge is 2.11. The van der Waals surface area contributed by atoms with Crippen LogP contribution in [0.5, 0.6) is 0 Å². The molecule has 1 aromatic carbocycles. The molecule has 1 aromatic heterocycles. The van der Waals surface area contributed by atoms with E-state index in [-0.39, 0.29) is 24.1 Å². The fourth-order valence-electron chi connectivity index (χ4n) is 2.29. The van der Waals surface area contributed by atoms with Crippen LogP contribution in [-0.4, -0.2) is 29.5 Å². The summed E-state index contributed by atoms with van der Waals surface area (Å²) in [4.78, 5) is 23.9. The molecule has 2 N–H and O–H groups in total. The van der Waals surface area contributed by atoms with Crippen LogP contribution in [0.25, 0.3) is 0 Å². The maximum Gasteiger partial charge on any atom is 0.268 e. The molecule has 7 heteroatoms. The van der Waals surface area contributed by atoms with Crippen molar-refractivity contribution in [1.29, 1.82) is 0 Å². The van der Waals surface area contributed by atoms with E-state index >= 15 is 0 Å². The summed E-state index contributed by atoms with van der Waals surface area (Å²) < 4.78 is 15.7. The zero-order valence-corrected chi connectivity index (χ0v) is 14.9. The average molecular weight is 396 g/mol. The first-order valence-electron chi connectivity index (χ1n) is 7.64. The van der Waals surface area contributed by atoms with Crippen LogP contribution in [-0.2, 0) is 17.8 Å². The van der Waals surface area contributed by atoms with Gasteiger partial charge in [0.2, 0.25) is 5.91 Å². The van der Waals surface area contributed by atoms with Crippen LogP contribution >= 0.6 is 15.9 Å². The number of nitrogens with zero attached hydrogens (tertiary/aromatic N) is 1. The number of carbonyl (C=O) groups is 2. The van der Waals surface area contributed by atoms with Crippen LogP contribution in [0.2, 0.25) is 0 Å². The number of aromatic nitrogens is 1. The molecule has 2 aromatic rings. The summed E-state index contributed by atoms with van der Waals surface area (Å²) in [5, 5.41) is 5.46. The molecule has 0 saturated carbocycles. The smallest absolute Gasteiger partial charge is 0.268 e. The van der Waals surface area contributed by atoms with Gasteiger partial charge in [0.25, 0.3) is 5.91 Å². The molecule has 128 valence electrons. The van der Waals surface area contributed by atoms with E-state index in [0.717, 1.165) is 4.47 Å². The lowest BCUT2D eigenvalue weighted by Crippen LogP contribution is -2.36. The molecule has 0 fully saturated rings. The molecule has 0 unspecified atom stereocenters. The van der Waals surface area contributed by atoms with E-state index in [9.17, 15) is 14.0 Å². The molecular weight excluding hydrogens is 377 g/mol. The third kappa shape index (κ3) is 5.19. The van der Waals surface area contributed by atoms with Gasteiger partial charge < -0.3 is 15.2 Å². The Morgan fingerprint density at radius 1 is 1.21 bits per heavy atom. The van der Waals surface area contributed by atoms with Crippen LogP contribution < -0.4 is 10.6 Å². The summed E-state index contributed by atoms with van der Waals surface area (Å²) in [5.74, 6) is -0.769. The molecule has 0 spiro atoms. The lowest BCUT2D eigenvalue weighted by Gasteiger charge is -2.09. The Kier molecular flexibility index (Phi) is 6.54. The Labute approximate surface area is 148 Å². The van der Waals surface area contributed by atoms with Crippen molar-refractivity contribution in [3.63, 3.8) is 0 Å². The van der Waals surface area contributed by atoms with Crippen molar-refractivity contribution >= 4 is 27.7 Å². The molecule has 5 nitrogen and oxygen atoms in total. The summed E-state index contributed by atoms with van der Waals surface area (Å²) in [6.45, 7) is 3.28. The number of hydrogen-bond donors (Lipinski definition) is 2. The standard InChI is InChI=1S/C17H19BrFN3O2/c1-2-22-11-13(18)10-15(22)17(24)21-7-6-20-16(23)9-12-4-3-5-14(19)8-12/h3-5,8,10-11H,2,6-7,9H2,1H3,(H,20,23)(H,21,24). The van der Waals surface area contributed by atoms with Gasteiger partial charge in [0.15, 0.2) is 0 Å². The summed E-state index contributed by atoms with van der Waals surface area (Å²) in [5.41, 5.74) is 1.18. The highest BCUT2D eigenvalue weighted by molar-refractivity contribution is 9.10. The van der Waals surface area contributed by atoms with Gasteiger partial charge in [-0.3, -0.25) is 9.59 Å². The molecule has 24 heavy (non-hydrogen) atoms. The number of carbonyl (C=O) groups excluding carboxylic acids is 2. The van der Waals surface area contributed by atoms with Crippen molar-refractivity contribution in [3.05, 3.63) is 58.1 Å². The lowest BCUT2D eigenvalue weighted by molar-refractivity contribution is -0.120. The van der Waals surface area contributed by atoms with Crippen molar-refractivity contribution in [1.82, 2.24) is 15.2 Å². The molecule has 0 aliphatic rings. The second-order valence-corrected chi connectivity index (χ2v) is 6.16. The second kappa shape index (κ2) is 8.63. The van der Waals surface area contributed by atoms with Gasteiger partial charge >= 0.3 is 0 Å². The zero-order chi connectivity index (χ0) is 17.5. The van der Waals surface area contributed by atoms with Gasteiger partial charge in [-0.1, -0.05) is 12.1 Å². The molecule has 1 heterocycles. The van der Waals surface area contributed by atoms with Crippen molar-refractivity contribution in [2.75, 3.05) is 13.1 Å². The predicted molar refractivity (Wildman–Crippen MR) is 93.3 cm³/mol. The van der Waals surface area contributed by atoms with Gasteiger partial charge in [0, 0.05) is 30.3 Å². The van der Waals surface area contributed by atoms with Gasteiger partial charge in [-0.2, -0.15) is 0 Å². The van der Waals surface area contributed by atoms with Gasteiger partial charge in [-0.05, 0) is 46.6 Å². The molecule has 0 aliphatic heterocycles. The van der Waals surface area contributed by atoms with Crippen LogP contribution in [0.3, 0.4) is 0 Å². The Hall–Kier alpha value is -2.15. The third-order valence-corrected chi connectivity index (χ3v) is 3.86. The SMILES string of the molecule is CCn1cc(Br)cc1C(=O)NCCNC(=O)Cc1cccc(F)c1. The minimum absolute atomic E-state index is 0.108. The summed E-state index contributed by atoms with van der Waals surface area (Å²) in [7, 11) is 0. The van der Waals surface area contributed by atoms with Crippen molar-refractivity contribution in [2.24, 2.45) is 0 Å². The summed E-state index contributed by atoms with van der Waals surface area (Å²) in [6, 6.07) is 7.68. The van der Waals surface area contributed by atoms with E-state index in [4.69, 9.17) is 0 Å². The fourth-order valence-corrected chi connectivity index (χ4v) is 2.75. The highest BCUT2D eigenvalue weighted by atomic mass is 79.9. The molecule has 0 atom stereocenters. The van der Waals surface area contributed by atoms with Crippen molar-refractivity contribution in [2.45, 2.75) is 19.9 Å². The average Bonchev–Trinajstić information content (AvgIpc) is 2.92. The van der Waals surface area contributed by atoms with E-state index in [1.54, 1.807) is 18.2 Å². The number of hydrogen-bond acceptors (Lipinski definition) is 2. The first-order chi connectivity index (χ1) is 11.5. The zero-order valence-electron chi connectivity index (χ0n) is 13.3. The van der Waals surface area contributed by atoms with Gasteiger partial charge in [0.05, 0.1) is 6.42 Å². The van der Waals surface area contributed by atoms with E-state index < -0.39 is 0 Å². The topological polar surface area (TPSA) is 63.1 Å². The maximum atomic E-state index is 13.1. The summed E-state index contributed by atoms with van der Waals surface area (Å²) >= 11 is 3.35. The summed E-state index contributed by atoms with van der Waals surface area (Å²) in [6.07, 6.45) is 1.95. The number of amides is 2. The van der Waals surface area contributed by atoms with Crippen LogP contribution in [0.15, 0.2) is 41.0 Å². The molecular formula is C17H19BrFN3O2. The molecule has 2 amide bonds. The first kappa shape index (κ1) is 18.2. The van der Waals surface area contributed by atoms with Crippen molar-refractivity contribution < 1.29 is 14.0 Å². The van der Waals surface area contributed by atoms with Crippen LogP contribution in [0.4, 0.5) is 4.39 Å². The monoisotopic (exact) mass is 395 g/mol. The van der Waals surface area contributed by atoms with Gasteiger partial charge in [-0.25, -0.2) is 4.39 Å². The van der Waals surface area contributed by atoms with E-state index in [1.165, 1.54) is 12.1 Å². The van der Waals surface area contributed by atoms with Crippen LogP contribution in [0.1, 0.15) is 23.0 Å². The predicted octanol–water partition coefficient (Wildman–Crippen LogP) is 2.50. The lowest BCUT2D eigenvalue weighted by atomic mass is 10.1. The van der Waals surface area contributed by atoms with E-state index in [2.05, 4.69) is 26.6 Å². The first-order valence-corrected chi connectivity index (χ1v) is 8.44. The Morgan fingerprint density at radius 3 is 2.67 bits per heavy atom. The Balaban J connectivity index is 1.74. The number of nitrogens with one attached hydrogen (secondary N) is 2.